The van der Waals surface area contributed by atoms with Crippen LogP contribution in [0.4, 0.5) is 0 Å². The summed E-state index contributed by atoms with van der Waals surface area (Å²) in [5, 5.41) is 37.3. The first-order valence-electron chi connectivity index (χ1n) is 4.62. The van der Waals surface area contributed by atoms with Crippen molar-refractivity contribution in [3.05, 3.63) is 0 Å². The first-order valence-corrected chi connectivity index (χ1v) is 6.23. The second-order valence-electron chi connectivity index (χ2n) is 3.63. The van der Waals surface area contributed by atoms with Crippen LogP contribution in [0.1, 0.15) is 0 Å². The molecule has 1 heterocycles. The summed E-state index contributed by atoms with van der Waals surface area (Å²) < 4.78 is 19.9. The van der Waals surface area contributed by atoms with Gasteiger partial charge in [0, 0.05) is 7.11 Å². The molecular formula is C7H13Li2O9P. The molecule has 19 heavy (non-hydrogen) atoms. The Hall–Kier alpha value is 1.10. The number of hydrogen-bond acceptors (Lipinski definition) is 9. The number of ether oxygens (including phenoxy) is 2. The van der Waals surface area contributed by atoms with Crippen LogP contribution in [0.25, 0.3) is 0 Å². The van der Waals surface area contributed by atoms with E-state index in [0.29, 0.717) is 0 Å². The van der Waals surface area contributed by atoms with Crippen LogP contribution in [0.5, 0.6) is 0 Å². The first kappa shape index (κ1) is 22.4. The summed E-state index contributed by atoms with van der Waals surface area (Å²) in [6, 6.07) is 0. The van der Waals surface area contributed by atoms with Crippen molar-refractivity contribution in [2.24, 2.45) is 0 Å². The van der Waals surface area contributed by atoms with Gasteiger partial charge in [0.05, 0.1) is 0 Å². The van der Waals surface area contributed by atoms with Crippen molar-refractivity contribution < 1.29 is 82.0 Å². The van der Waals surface area contributed by atoms with E-state index >= 15 is 0 Å². The van der Waals surface area contributed by atoms with Crippen molar-refractivity contribution >= 4 is 7.60 Å². The third-order valence-electron chi connectivity index (χ3n) is 2.46. The van der Waals surface area contributed by atoms with E-state index in [1.54, 1.807) is 0 Å². The smallest absolute Gasteiger partial charge is 0.809 e. The predicted octanol–water partition coefficient (Wildman–Crippen LogP) is -10.3. The Morgan fingerprint density at radius 3 is 2.00 bits per heavy atom. The monoisotopic (exact) mass is 286 g/mol. The van der Waals surface area contributed by atoms with Gasteiger partial charge in [-0.05, 0) is 7.60 Å². The van der Waals surface area contributed by atoms with Crippen molar-refractivity contribution in [2.45, 2.75) is 36.6 Å². The van der Waals surface area contributed by atoms with E-state index in [0.717, 1.165) is 7.11 Å². The van der Waals surface area contributed by atoms with Gasteiger partial charge in [0.15, 0.2) is 6.29 Å². The second-order valence-corrected chi connectivity index (χ2v) is 5.24. The summed E-state index contributed by atoms with van der Waals surface area (Å²) in [5.74, 6) is -2.54. The van der Waals surface area contributed by atoms with E-state index in [2.05, 4.69) is 4.74 Å². The Bertz CT molecular complexity index is 311. The Kier molecular flexibility index (Phi) is 10.0. The maximum absolute atomic E-state index is 10.6. The van der Waals surface area contributed by atoms with Crippen LogP contribution in [0.2, 0.25) is 0 Å². The third-order valence-corrected chi connectivity index (χ3v) is 3.40. The number of hydrogen-bond donors (Lipinski definition) is 4. The average Bonchev–Trinajstić information content (AvgIpc) is 2.24. The molecule has 0 unspecified atom stereocenters. The molecule has 6 atom stereocenters. The molecule has 1 rings (SSSR count). The Balaban J connectivity index is 0. The molecular weight excluding hydrogens is 273 g/mol. The third kappa shape index (κ3) is 5.10. The van der Waals surface area contributed by atoms with Gasteiger partial charge in [-0.25, -0.2) is 0 Å². The summed E-state index contributed by atoms with van der Waals surface area (Å²) in [6.07, 6.45) is -8.71. The van der Waals surface area contributed by atoms with Crippen LogP contribution in [0, 0.1) is 0 Å². The largest absolute Gasteiger partial charge is 1.00 e. The van der Waals surface area contributed by atoms with Crippen molar-refractivity contribution in [2.75, 3.05) is 7.11 Å². The van der Waals surface area contributed by atoms with Crippen LogP contribution < -0.4 is 47.5 Å². The van der Waals surface area contributed by atoms with E-state index in [1.165, 1.54) is 0 Å². The van der Waals surface area contributed by atoms with Gasteiger partial charge in [0.1, 0.15) is 30.3 Å². The molecule has 1 aliphatic rings. The predicted molar refractivity (Wildman–Crippen MR) is 47.3 cm³/mol. The van der Waals surface area contributed by atoms with Gasteiger partial charge in [-0.3, -0.25) is 0 Å². The zero-order chi connectivity index (χ0) is 13.4. The van der Waals surface area contributed by atoms with Gasteiger partial charge in [0.2, 0.25) is 0 Å². The molecule has 0 spiro atoms. The summed E-state index contributed by atoms with van der Waals surface area (Å²) in [6.45, 7) is 0. The van der Waals surface area contributed by atoms with E-state index in [4.69, 9.17) is 4.74 Å². The van der Waals surface area contributed by atoms with Crippen LogP contribution in [-0.2, 0) is 14.0 Å². The SMILES string of the molecule is CO[C@H]1O[C@H]([C@@H](O)P(=O)([O-])[O-])[C@@H](O)[C@H](O)[C@H]1O.[Li+].[Li+]. The minimum atomic E-state index is -5.42. The van der Waals surface area contributed by atoms with Gasteiger partial charge in [-0.1, -0.05) is 0 Å². The minimum absolute atomic E-state index is 0. The summed E-state index contributed by atoms with van der Waals surface area (Å²) in [4.78, 5) is 21.2. The maximum atomic E-state index is 10.6. The van der Waals surface area contributed by atoms with Crippen molar-refractivity contribution in [3.63, 3.8) is 0 Å². The first-order chi connectivity index (χ1) is 7.70. The molecule has 4 N–H and O–H groups in total. The molecule has 0 aromatic carbocycles. The molecule has 0 aromatic heterocycles. The topological polar surface area (TPSA) is 163 Å². The minimum Gasteiger partial charge on any atom is -0.809 e. The fourth-order valence-corrected chi connectivity index (χ4v) is 2.10. The normalized spacial score (nSPS) is 36.9. The van der Waals surface area contributed by atoms with Gasteiger partial charge < -0.3 is 44.3 Å². The fourth-order valence-electron chi connectivity index (χ4n) is 1.49. The number of aliphatic hydroxyl groups is 4. The summed E-state index contributed by atoms with van der Waals surface area (Å²) in [7, 11) is -4.33. The molecule has 0 bridgehead atoms. The van der Waals surface area contributed by atoms with Gasteiger partial charge in [0.25, 0.3) is 0 Å². The van der Waals surface area contributed by atoms with E-state index in [1.807, 2.05) is 0 Å². The van der Waals surface area contributed by atoms with Gasteiger partial charge in [-0.15, -0.1) is 0 Å². The Morgan fingerprint density at radius 1 is 1.16 bits per heavy atom. The average molecular weight is 286 g/mol. The molecule has 102 valence electrons. The molecule has 0 aliphatic carbocycles. The molecule has 0 aromatic rings. The molecule has 0 amide bonds. The zero-order valence-corrected chi connectivity index (χ0v) is 11.6. The molecule has 1 aliphatic heterocycles. The van der Waals surface area contributed by atoms with Crippen molar-refractivity contribution in [3.8, 4) is 0 Å². The number of methoxy groups -OCH3 is 1. The Morgan fingerprint density at radius 2 is 1.63 bits per heavy atom. The van der Waals surface area contributed by atoms with Gasteiger partial charge >= 0.3 is 37.7 Å². The van der Waals surface area contributed by atoms with E-state index in [9.17, 15) is 34.8 Å². The molecule has 0 radical (unpaired) electrons. The zero-order valence-electron chi connectivity index (χ0n) is 10.7. The second kappa shape index (κ2) is 8.52. The molecule has 0 saturated carbocycles. The quantitative estimate of drug-likeness (QED) is 0.291. The van der Waals surface area contributed by atoms with E-state index < -0.39 is 44.1 Å². The molecule has 12 heteroatoms. The number of rotatable bonds is 3. The molecule has 9 nitrogen and oxygen atoms in total. The summed E-state index contributed by atoms with van der Waals surface area (Å²) in [5.41, 5.74) is 0. The van der Waals surface area contributed by atoms with Crippen molar-refractivity contribution in [1.29, 1.82) is 0 Å². The van der Waals surface area contributed by atoms with Crippen molar-refractivity contribution in [1.82, 2.24) is 0 Å². The standard InChI is InChI=1S/C7H15O9P.2Li/c1-15-7-4(10)2(8)3(9)5(16-7)6(11)17(12,13)14;;/h2-11H,1H3,(H2,12,13,14);;/q;2*+1/p-2/t2-,3-,4+,5-,6-,7-;;/m0../s1. The van der Waals surface area contributed by atoms with Crippen LogP contribution >= 0.6 is 7.60 Å². The molecule has 1 fully saturated rings. The molecule has 1 saturated heterocycles. The van der Waals surface area contributed by atoms with E-state index in [-0.39, 0.29) is 37.7 Å². The van der Waals surface area contributed by atoms with Gasteiger partial charge in [-0.2, -0.15) is 0 Å². The van der Waals surface area contributed by atoms with Crippen LogP contribution in [-0.4, -0.2) is 64.1 Å². The summed E-state index contributed by atoms with van der Waals surface area (Å²) >= 11 is 0. The fraction of sp³-hybridized carbons (Fsp3) is 1.00. The van der Waals surface area contributed by atoms with Crippen LogP contribution in [0.3, 0.4) is 0 Å². The Labute approximate surface area is 133 Å². The maximum Gasteiger partial charge on any atom is 1.00 e. The number of aliphatic hydroxyl groups excluding tert-OH is 4. The van der Waals surface area contributed by atoms with Crippen LogP contribution in [0.15, 0.2) is 0 Å².